The third-order valence-corrected chi connectivity index (χ3v) is 8.35. The lowest BCUT2D eigenvalue weighted by molar-refractivity contribution is -0.145. The summed E-state index contributed by atoms with van der Waals surface area (Å²) in [5.74, 6) is -0.290. The number of carbonyl (C=O) groups is 2. The fraction of sp³-hybridized carbons (Fsp3) is 0.522. The molecule has 0 saturated heterocycles. The van der Waals surface area contributed by atoms with Crippen LogP contribution in [0.2, 0.25) is 6.04 Å². The summed E-state index contributed by atoms with van der Waals surface area (Å²) in [7, 11) is 1.95. The van der Waals surface area contributed by atoms with Gasteiger partial charge in [-0.05, 0) is 55.6 Å². The zero-order valence-corrected chi connectivity index (χ0v) is 23.3. The number of esters is 1. The highest BCUT2D eigenvalue weighted by molar-refractivity contribution is 9.10. The average Bonchev–Trinajstić information content (AvgIpc) is 2.77. The Labute approximate surface area is 213 Å². The summed E-state index contributed by atoms with van der Waals surface area (Å²) < 4.78 is 37.5. The van der Waals surface area contributed by atoms with Gasteiger partial charge in [-0.25, -0.2) is 9.59 Å². The minimum absolute atomic E-state index is 0.117. The molecule has 12 heteroatoms. The van der Waals surface area contributed by atoms with Crippen molar-refractivity contribution in [2.45, 2.75) is 58.3 Å². The SMILES string of the molecule is CO[Si](CCCCC(=O)OCc1cc(=O)oc2cc(OC(=O)OC(C)(C)C)c(Br)cc12)(OC)OC. The van der Waals surface area contributed by atoms with Crippen molar-refractivity contribution in [2.24, 2.45) is 0 Å². The number of hydrogen-bond donors (Lipinski definition) is 0. The van der Waals surface area contributed by atoms with Crippen LogP contribution >= 0.6 is 15.9 Å². The van der Waals surface area contributed by atoms with E-state index in [2.05, 4.69) is 15.9 Å². The number of unbranched alkanes of at least 4 members (excludes halogenated alkanes) is 1. The Kier molecular flexibility index (Phi) is 10.5. The molecule has 0 aliphatic rings. The molecule has 0 N–H and O–H groups in total. The first kappa shape index (κ1) is 29.0. The van der Waals surface area contributed by atoms with Crippen LogP contribution in [0.5, 0.6) is 5.75 Å². The standard InChI is InChI=1S/C23H31BrO10Si/c1-23(2,3)34-22(27)33-19-13-18-16(12-17(19)24)15(11-21(26)32-18)14-31-20(25)9-7-8-10-35(28-4,29-5)30-6/h11-13H,7-10,14H2,1-6H3. The first-order chi connectivity index (χ1) is 16.4. The van der Waals surface area contributed by atoms with E-state index in [1.807, 2.05) is 0 Å². The van der Waals surface area contributed by atoms with Crippen LogP contribution < -0.4 is 10.4 Å². The molecule has 0 atom stereocenters. The van der Waals surface area contributed by atoms with Gasteiger partial charge < -0.3 is 31.9 Å². The van der Waals surface area contributed by atoms with Crippen LogP contribution in [0, 0.1) is 0 Å². The molecule has 0 unspecified atom stereocenters. The Morgan fingerprint density at radius 3 is 2.29 bits per heavy atom. The molecular formula is C23H31BrO10Si. The molecule has 2 aromatic rings. The van der Waals surface area contributed by atoms with Crippen molar-refractivity contribution in [1.82, 2.24) is 0 Å². The van der Waals surface area contributed by atoms with Crippen LogP contribution in [0.1, 0.15) is 45.6 Å². The lowest BCUT2D eigenvalue weighted by Crippen LogP contribution is -2.42. The molecule has 10 nitrogen and oxygen atoms in total. The van der Waals surface area contributed by atoms with E-state index in [0.29, 0.717) is 34.3 Å². The van der Waals surface area contributed by atoms with Gasteiger partial charge in [0.15, 0.2) is 5.75 Å². The first-order valence-electron chi connectivity index (χ1n) is 10.9. The average molecular weight is 575 g/mol. The van der Waals surface area contributed by atoms with Gasteiger partial charge in [-0.3, -0.25) is 4.79 Å². The van der Waals surface area contributed by atoms with Crippen molar-refractivity contribution in [3.8, 4) is 5.75 Å². The van der Waals surface area contributed by atoms with Gasteiger partial charge in [0.1, 0.15) is 17.8 Å². The minimum Gasteiger partial charge on any atom is -0.461 e. The normalized spacial score (nSPS) is 12.0. The zero-order chi connectivity index (χ0) is 26.2. The molecule has 0 bridgehead atoms. The maximum Gasteiger partial charge on any atom is 0.514 e. The summed E-state index contributed by atoms with van der Waals surface area (Å²) in [6.45, 7) is 5.02. The summed E-state index contributed by atoms with van der Waals surface area (Å²) in [5, 5.41) is 0.525. The maximum atomic E-state index is 12.2. The fourth-order valence-electron chi connectivity index (χ4n) is 3.18. The van der Waals surface area contributed by atoms with Crippen LogP contribution in [0.3, 0.4) is 0 Å². The molecule has 1 aromatic carbocycles. The second-order valence-corrected chi connectivity index (χ2v) is 12.5. The van der Waals surface area contributed by atoms with E-state index in [9.17, 15) is 14.4 Å². The van der Waals surface area contributed by atoms with E-state index >= 15 is 0 Å². The third kappa shape index (κ3) is 8.72. The van der Waals surface area contributed by atoms with E-state index in [1.165, 1.54) is 12.1 Å². The maximum absolute atomic E-state index is 12.2. The lowest BCUT2D eigenvalue weighted by atomic mass is 10.1. The Bertz CT molecular complexity index is 1080. The van der Waals surface area contributed by atoms with Crippen LogP contribution in [-0.2, 0) is 34.2 Å². The number of carbonyl (C=O) groups excluding carboxylic acids is 2. The highest BCUT2D eigenvalue weighted by atomic mass is 79.9. The first-order valence-corrected chi connectivity index (χ1v) is 13.6. The van der Waals surface area contributed by atoms with Gasteiger partial charge in [0, 0.05) is 56.9 Å². The van der Waals surface area contributed by atoms with Crippen molar-refractivity contribution < 1.29 is 41.5 Å². The molecule has 2 rings (SSSR count). The molecule has 0 fully saturated rings. The van der Waals surface area contributed by atoms with Gasteiger partial charge in [-0.15, -0.1) is 0 Å². The summed E-state index contributed by atoms with van der Waals surface area (Å²) in [6, 6.07) is 4.85. The van der Waals surface area contributed by atoms with Crippen LogP contribution in [0.15, 0.2) is 31.9 Å². The van der Waals surface area contributed by atoms with E-state index in [-0.39, 0.29) is 24.4 Å². The monoisotopic (exact) mass is 574 g/mol. The molecule has 1 heterocycles. The fourth-order valence-corrected chi connectivity index (χ4v) is 5.40. The van der Waals surface area contributed by atoms with Crippen molar-refractivity contribution in [3.63, 3.8) is 0 Å². The predicted octanol–water partition coefficient (Wildman–Crippen LogP) is 4.96. The van der Waals surface area contributed by atoms with Crippen molar-refractivity contribution in [2.75, 3.05) is 21.3 Å². The molecule has 0 spiro atoms. The highest BCUT2D eigenvalue weighted by Gasteiger charge is 2.36. The third-order valence-electron chi connectivity index (χ3n) is 4.90. The van der Waals surface area contributed by atoms with Gasteiger partial charge in [0.2, 0.25) is 0 Å². The molecule has 0 aliphatic heterocycles. The van der Waals surface area contributed by atoms with Crippen LogP contribution in [0.4, 0.5) is 4.79 Å². The molecule has 35 heavy (non-hydrogen) atoms. The Balaban J connectivity index is 2.04. The Morgan fingerprint density at radius 1 is 1.03 bits per heavy atom. The quantitative estimate of drug-likeness (QED) is 0.120. The molecular weight excluding hydrogens is 544 g/mol. The molecule has 0 radical (unpaired) electrons. The number of rotatable bonds is 11. The van der Waals surface area contributed by atoms with Gasteiger partial charge in [-0.1, -0.05) is 0 Å². The van der Waals surface area contributed by atoms with E-state index < -0.39 is 32.2 Å². The van der Waals surface area contributed by atoms with Crippen LogP contribution in [0.25, 0.3) is 11.0 Å². The molecule has 0 saturated carbocycles. The van der Waals surface area contributed by atoms with Crippen molar-refractivity contribution >= 4 is 47.8 Å². The molecule has 0 amide bonds. The number of halogens is 1. The minimum atomic E-state index is -2.67. The topological polar surface area (TPSA) is 120 Å². The van der Waals surface area contributed by atoms with Gasteiger partial charge >= 0.3 is 26.6 Å². The molecule has 0 aliphatic carbocycles. The smallest absolute Gasteiger partial charge is 0.461 e. The van der Waals surface area contributed by atoms with Crippen molar-refractivity contribution in [1.29, 1.82) is 0 Å². The summed E-state index contributed by atoms with van der Waals surface area (Å²) in [5.41, 5.74) is -0.732. The van der Waals surface area contributed by atoms with E-state index in [1.54, 1.807) is 48.2 Å². The summed E-state index contributed by atoms with van der Waals surface area (Å²) in [6.07, 6.45) is 0.533. The van der Waals surface area contributed by atoms with E-state index in [4.69, 9.17) is 31.9 Å². The second-order valence-electron chi connectivity index (χ2n) is 8.60. The summed E-state index contributed by atoms with van der Waals surface area (Å²) in [4.78, 5) is 36.3. The van der Waals surface area contributed by atoms with E-state index in [0.717, 1.165) is 0 Å². The molecule has 194 valence electrons. The molecule has 1 aromatic heterocycles. The lowest BCUT2D eigenvalue weighted by Gasteiger charge is -2.24. The second kappa shape index (κ2) is 12.6. The van der Waals surface area contributed by atoms with Gasteiger partial charge in [0.05, 0.1) is 4.47 Å². The predicted molar refractivity (Wildman–Crippen MR) is 132 cm³/mol. The zero-order valence-electron chi connectivity index (χ0n) is 20.7. The van der Waals surface area contributed by atoms with Crippen molar-refractivity contribution in [3.05, 3.63) is 38.7 Å². The highest BCUT2D eigenvalue weighted by Crippen LogP contribution is 2.32. The van der Waals surface area contributed by atoms with Crippen LogP contribution in [-0.4, -0.2) is 47.9 Å². The largest absolute Gasteiger partial charge is 0.514 e. The summed E-state index contributed by atoms with van der Waals surface area (Å²) >= 11 is 3.35. The Morgan fingerprint density at radius 2 is 1.69 bits per heavy atom. The Hall–Kier alpha value is -2.25. The number of fused-ring (bicyclic) bond motifs is 1. The number of benzene rings is 1. The van der Waals surface area contributed by atoms with Gasteiger partial charge in [0.25, 0.3) is 0 Å². The number of ether oxygens (including phenoxy) is 3. The van der Waals surface area contributed by atoms with Gasteiger partial charge in [-0.2, -0.15) is 0 Å². The number of hydrogen-bond acceptors (Lipinski definition) is 10.